The molecule has 0 aliphatic heterocycles. The van der Waals surface area contributed by atoms with Gasteiger partial charge < -0.3 is 13.3 Å². The monoisotopic (exact) mass is 550 g/mol. The Morgan fingerprint density at radius 2 is 1.02 bits per heavy atom. The Morgan fingerprint density at radius 3 is 1.81 bits per heavy atom. The average molecular weight is 551 g/mol. The number of hydrogen-bond acceptors (Lipinski definition) is 3. The van der Waals surface area contributed by atoms with E-state index in [1.807, 2.05) is 18.2 Å². The molecule has 0 unspecified atom stereocenters. The Kier molecular flexibility index (Phi) is 4.45. The van der Waals surface area contributed by atoms with Crippen LogP contribution in [0.25, 0.3) is 98.6 Å². The molecule has 0 saturated carbocycles. The molecule has 0 spiro atoms. The summed E-state index contributed by atoms with van der Waals surface area (Å²) in [5.41, 5.74) is 9.07. The lowest BCUT2D eigenvalue weighted by atomic mass is 9.85. The van der Waals surface area contributed by atoms with Crippen molar-refractivity contribution in [2.24, 2.45) is 0 Å². The summed E-state index contributed by atoms with van der Waals surface area (Å²) in [7, 11) is 0. The second-order valence-corrected chi connectivity index (χ2v) is 11.2. The number of rotatable bonds is 2. The standard InChI is InChI=1S/C40H22O3/c1-3-11-28-26(9-1)38(24-16-17-35-32(20-24)33-22-36-23(18-19-41-36)21-37(33)42-35)27-10-2-4-12-29(27)39(28)31-14-7-13-30-25-8-5-6-15-34(25)43-40(30)31/h1-22H. The molecule has 3 aromatic heterocycles. The topological polar surface area (TPSA) is 39.4 Å². The predicted molar refractivity (Wildman–Crippen MR) is 177 cm³/mol. The van der Waals surface area contributed by atoms with Gasteiger partial charge >= 0.3 is 0 Å². The molecule has 0 saturated heterocycles. The lowest BCUT2D eigenvalue weighted by Gasteiger charge is -2.18. The summed E-state index contributed by atoms with van der Waals surface area (Å²) in [5.74, 6) is 0. The molecule has 0 aliphatic carbocycles. The van der Waals surface area contributed by atoms with E-state index < -0.39 is 0 Å². The first-order valence-electron chi connectivity index (χ1n) is 14.5. The van der Waals surface area contributed by atoms with Gasteiger partial charge in [0.2, 0.25) is 0 Å². The van der Waals surface area contributed by atoms with E-state index in [2.05, 4.69) is 109 Å². The average Bonchev–Trinajstić information content (AvgIpc) is 3.77. The van der Waals surface area contributed by atoms with E-state index in [0.717, 1.165) is 66.0 Å². The Labute approximate surface area is 245 Å². The maximum atomic E-state index is 6.54. The van der Waals surface area contributed by atoms with Crippen molar-refractivity contribution in [1.82, 2.24) is 0 Å². The zero-order valence-corrected chi connectivity index (χ0v) is 22.9. The quantitative estimate of drug-likeness (QED) is 0.201. The minimum Gasteiger partial charge on any atom is -0.464 e. The highest BCUT2D eigenvalue weighted by Gasteiger charge is 2.21. The Hall–Kier alpha value is -5.80. The van der Waals surface area contributed by atoms with Crippen LogP contribution in [0, 0.1) is 0 Å². The van der Waals surface area contributed by atoms with Crippen molar-refractivity contribution >= 4 is 76.4 Å². The molecule has 10 aromatic rings. The molecule has 3 nitrogen and oxygen atoms in total. The lowest BCUT2D eigenvalue weighted by Crippen LogP contribution is -1.91. The van der Waals surface area contributed by atoms with Crippen molar-refractivity contribution in [2.75, 3.05) is 0 Å². The van der Waals surface area contributed by atoms with Crippen LogP contribution < -0.4 is 0 Å². The SMILES string of the molecule is c1ccc2c(c1)oc1c(-c3c4ccccc4c(-c4ccc5oc6cc7ccoc7cc6c5c4)c4ccccc34)cccc12. The number of para-hydroxylation sites is 2. The molecule has 0 N–H and O–H groups in total. The van der Waals surface area contributed by atoms with Gasteiger partial charge in [-0.1, -0.05) is 91.0 Å². The van der Waals surface area contributed by atoms with Gasteiger partial charge in [-0.25, -0.2) is 0 Å². The maximum absolute atomic E-state index is 6.54. The van der Waals surface area contributed by atoms with Crippen LogP contribution in [0.4, 0.5) is 0 Å². The normalized spacial score (nSPS) is 12.2. The highest BCUT2D eigenvalue weighted by molar-refractivity contribution is 6.24. The first-order chi connectivity index (χ1) is 21.3. The van der Waals surface area contributed by atoms with E-state index in [-0.39, 0.29) is 0 Å². The molecule has 3 heterocycles. The molecule has 0 fully saturated rings. The smallest absolute Gasteiger partial charge is 0.143 e. The largest absolute Gasteiger partial charge is 0.464 e. The van der Waals surface area contributed by atoms with Gasteiger partial charge in [-0.05, 0) is 69.1 Å². The van der Waals surface area contributed by atoms with E-state index >= 15 is 0 Å². The molecule has 7 aromatic carbocycles. The van der Waals surface area contributed by atoms with Crippen LogP contribution in [0.2, 0.25) is 0 Å². The fourth-order valence-corrected chi connectivity index (χ4v) is 7.06. The Balaban J connectivity index is 1.31. The molecule has 0 amide bonds. The number of benzene rings is 7. The van der Waals surface area contributed by atoms with E-state index in [9.17, 15) is 0 Å². The molecular weight excluding hydrogens is 528 g/mol. The highest BCUT2D eigenvalue weighted by Crippen LogP contribution is 2.47. The van der Waals surface area contributed by atoms with Crippen molar-refractivity contribution in [3.8, 4) is 22.3 Å². The third-order valence-corrected chi connectivity index (χ3v) is 8.94. The van der Waals surface area contributed by atoms with Crippen LogP contribution in [0.1, 0.15) is 0 Å². The molecule has 0 bridgehead atoms. The van der Waals surface area contributed by atoms with E-state index in [1.165, 1.54) is 32.7 Å². The van der Waals surface area contributed by atoms with Crippen molar-refractivity contribution < 1.29 is 13.3 Å². The van der Waals surface area contributed by atoms with Gasteiger partial charge in [0.25, 0.3) is 0 Å². The van der Waals surface area contributed by atoms with Crippen molar-refractivity contribution in [2.45, 2.75) is 0 Å². The van der Waals surface area contributed by atoms with E-state index in [4.69, 9.17) is 13.3 Å². The minimum atomic E-state index is 0.862. The first kappa shape index (κ1) is 22.8. The fraction of sp³-hybridized carbons (Fsp3) is 0. The summed E-state index contributed by atoms with van der Waals surface area (Å²) < 4.78 is 18.6. The predicted octanol–water partition coefficient (Wildman–Crippen LogP) is 11.9. The van der Waals surface area contributed by atoms with Gasteiger partial charge in [-0.15, -0.1) is 0 Å². The van der Waals surface area contributed by atoms with Crippen LogP contribution in [-0.2, 0) is 0 Å². The Morgan fingerprint density at radius 1 is 0.372 bits per heavy atom. The van der Waals surface area contributed by atoms with Gasteiger partial charge in [-0.3, -0.25) is 0 Å². The minimum absolute atomic E-state index is 0.862. The van der Waals surface area contributed by atoms with Crippen molar-refractivity contribution in [3.05, 3.63) is 134 Å². The van der Waals surface area contributed by atoms with Crippen LogP contribution in [0.15, 0.2) is 147 Å². The molecule has 43 heavy (non-hydrogen) atoms. The first-order valence-corrected chi connectivity index (χ1v) is 14.5. The second-order valence-electron chi connectivity index (χ2n) is 11.2. The van der Waals surface area contributed by atoms with Gasteiger partial charge in [0.15, 0.2) is 0 Å². The third kappa shape index (κ3) is 3.14. The fourth-order valence-electron chi connectivity index (χ4n) is 7.06. The molecule has 10 rings (SSSR count). The van der Waals surface area contributed by atoms with E-state index in [1.54, 1.807) is 6.26 Å². The summed E-state index contributed by atoms with van der Waals surface area (Å²) in [4.78, 5) is 0. The van der Waals surface area contributed by atoms with Gasteiger partial charge in [0.1, 0.15) is 27.9 Å². The number of fused-ring (bicyclic) bond motifs is 9. The lowest BCUT2D eigenvalue weighted by molar-refractivity contribution is 0.616. The van der Waals surface area contributed by atoms with Crippen LogP contribution >= 0.6 is 0 Å². The van der Waals surface area contributed by atoms with Crippen LogP contribution in [-0.4, -0.2) is 0 Å². The summed E-state index contributed by atoms with van der Waals surface area (Å²) in [6.45, 7) is 0. The maximum Gasteiger partial charge on any atom is 0.143 e. The summed E-state index contributed by atoms with van der Waals surface area (Å²) in [6.07, 6.45) is 1.73. The Bertz CT molecular complexity index is 2680. The van der Waals surface area contributed by atoms with Gasteiger partial charge in [-0.2, -0.15) is 0 Å². The van der Waals surface area contributed by atoms with Gasteiger partial charge in [0.05, 0.1) is 6.26 Å². The molecule has 0 atom stereocenters. The highest BCUT2D eigenvalue weighted by atomic mass is 16.3. The molecule has 0 aliphatic rings. The molecule has 0 radical (unpaired) electrons. The summed E-state index contributed by atoms with van der Waals surface area (Å²) in [5, 5.41) is 10.2. The molecule has 3 heteroatoms. The number of furan rings is 3. The summed E-state index contributed by atoms with van der Waals surface area (Å²) >= 11 is 0. The molecular formula is C40H22O3. The third-order valence-electron chi connectivity index (χ3n) is 8.94. The molecule has 200 valence electrons. The van der Waals surface area contributed by atoms with Crippen LogP contribution in [0.5, 0.6) is 0 Å². The summed E-state index contributed by atoms with van der Waals surface area (Å²) in [6, 6.07) is 44.9. The zero-order valence-electron chi connectivity index (χ0n) is 22.9. The zero-order chi connectivity index (χ0) is 28.1. The van der Waals surface area contributed by atoms with Crippen molar-refractivity contribution in [3.63, 3.8) is 0 Å². The van der Waals surface area contributed by atoms with E-state index in [0.29, 0.717) is 0 Å². The van der Waals surface area contributed by atoms with Gasteiger partial charge in [0, 0.05) is 38.1 Å². The van der Waals surface area contributed by atoms with Crippen molar-refractivity contribution in [1.29, 1.82) is 0 Å². The van der Waals surface area contributed by atoms with Crippen LogP contribution in [0.3, 0.4) is 0 Å². The number of hydrogen-bond donors (Lipinski definition) is 0. The second kappa shape index (κ2) is 8.37.